The molecule has 0 aliphatic carbocycles. The van der Waals surface area contributed by atoms with Crippen molar-refractivity contribution in [2.75, 3.05) is 20.3 Å². The normalized spacial score (nSPS) is 19.7. The Morgan fingerprint density at radius 1 is 1.36 bits per heavy atom. The molecule has 1 unspecified atom stereocenters. The summed E-state index contributed by atoms with van der Waals surface area (Å²) in [4.78, 5) is 28.1. The maximum absolute atomic E-state index is 12.8. The second-order valence-corrected chi connectivity index (χ2v) is 7.28. The monoisotopic (exact) mass is 361 g/mol. The average Bonchev–Trinajstić information content (AvgIpc) is 3.38. The lowest BCUT2D eigenvalue weighted by Gasteiger charge is -2.27. The molecule has 0 aromatic carbocycles. The van der Waals surface area contributed by atoms with Crippen LogP contribution in [0.25, 0.3) is 0 Å². The third-order valence-electron chi connectivity index (χ3n) is 4.56. The summed E-state index contributed by atoms with van der Waals surface area (Å²) < 4.78 is 12.2. The molecule has 0 bridgehead atoms. The summed E-state index contributed by atoms with van der Waals surface area (Å²) in [6.07, 6.45) is 2.23. The molecule has 4 rings (SSSR count). The van der Waals surface area contributed by atoms with Gasteiger partial charge in [-0.25, -0.2) is 4.79 Å². The molecule has 132 valence electrons. The Balaban J connectivity index is 1.48. The number of methoxy groups -OCH3 is 1. The van der Waals surface area contributed by atoms with Gasteiger partial charge in [-0.15, -0.1) is 11.3 Å². The first-order valence-electron chi connectivity index (χ1n) is 8.31. The van der Waals surface area contributed by atoms with Gasteiger partial charge in [0.05, 0.1) is 36.9 Å². The Hall–Kier alpha value is -2.19. The number of carbonyl (C=O) groups is 2. The number of amides is 1. The van der Waals surface area contributed by atoms with Crippen molar-refractivity contribution in [1.82, 2.24) is 14.7 Å². The molecule has 0 N–H and O–H groups in total. The molecule has 4 heterocycles. The molecule has 2 aromatic rings. The van der Waals surface area contributed by atoms with Crippen molar-refractivity contribution in [2.45, 2.75) is 32.0 Å². The number of nitrogens with zero attached hydrogens (tertiary/aromatic N) is 3. The summed E-state index contributed by atoms with van der Waals surface area (Å²) in [5, 5.41) is 4.23. The standard InChI is InChI=1S/C17H19N3O4S/c1-23-17(22)12-9-11-10-19(6-7-20(11)18-12)16(21)15-5-4-14(25-15)13-3-2-8-24-13/h4-5,9,13H,2-3,6-8,10H2,1H3. The van der Waals surface area contributed by atoms with Crippen molar-refractivity contribution < 1.29 is 19.1 Å². The van der Waals surface area contributed by atoms with Crippen molar-refractivity contribution in [3.05, 3.63) is 39.3 Å². The van der Waals surface area contributed by atoms with Crippen LogP contribution in [-0.2, 0) is 22.6 Å². The number of rotatable bonds is 3. The van der Waals surface area contributed by atoms with E-state index in [2.05, 4.69) is 5.10 Å². The summed E-state index contributed by atoms with van der Waals surface area (Å²) in [5.41, 5.74) is 1.12. The SMILES string of the molecule is COC(=O)c1cc2n(n1)CCN(C(=O)c1ccc(C3CCCO3)s1)C2. The smallest absolute Gasteiger partial charge is 0.358 e. The zero-order chi connectivity index (χ0) is 17.4. The van der Waals surface area contributed by atoms with Gasteiger partial charge < -0.3 is 14.4 Å². The van der Waals surface area contributed by atoms with Gasteiger partial charge in [0.15, 0.2) is 5.69 Å². The van der Waals surface area contributed by atoms with Crippen LogP contribution in [0.4, 0.5) is 0 Å². The number of aromatic nitrogens is 2. The maximum atomic E-state index is 12.8. The molecule has 0 radical (unpaired) electrons. The second-order valence-electron chi connectivity index (χ2n) is 6.17. The van der Waals surface area contributed by atoms with Crippen LogP contribution in [0.3, 0.4) is 0 Å². The molecular formula is C17H19N3O4S. The van der Waals surface area contributed by atoms with E-state index in [1.165, 1.54) is 18.4 Å². The van der Waals surface area contributed by atoms with Gasteiger partial charge in [0.25, 0.3) is 5.91 Å². The maximum Gasteiger partial charge on any atom is 0.358 e. The molecule has 2 aliphatic heterocycles. The third-order valence-corrected chi connectivity index (χ3v) is 5.73. The topological polar surface area (TPSA) is 73.7 Å². The summed E-state index contributed by atoms with van der Waals surface area (Å²) in [6, 6.07) is 5.57. The van der Waals surface area contributed by atoms with Gasteiger partial charge in [0.1, 0.15) is 0 Å². The average molecular weight is 361 g/mol. The van der Waals surface area contributed by atoms with Crippen LogP contribution in [0, 0.1) is 0 Å². The highest BCUT2D eigenvalue weighted by Gasteiger charge is 2.27. The molecular weight excluding hydrogens is 342 g/mol. The predicted molar refractivity (Wildman–Crippen MR) is 90.6 cm³/mol. The van der Waals surface area contributed by atoms with Crippen molar-refractivity contribution in [2.24, 2.45) is 0 Å². The summed E-state index contributed by atoms with van der Waals surface area (Å²) in [7, 11) is 1.33. The van der Waals surface area contributed by atoms with E-state index < -0.39 is 5.97 Å². The number of ether oxygens (including phenoxy) is 2. The van der Waals surface area contributed by atoms with Gasteiger partial charge in [-0.1, -0.05) is 0 Å². The van der Waals surface area contributed by atoms with E-state index in [1.54, 1.807) is 15.6 Å². The molecule has 2 aliphatic rings. The zero-order valence-electron chi connectivity index (χ0n) is 13.9. The van der Waals surface area contributed by atoms with Crippen LogP contribution in [-0.4, -0.2) is 46.8 Å². The molecule has 8 heteroatoms. The first-order chi connectivity index (χ1) is 12.2. The molecule has 7 nitrogen and oxygen atoms in total. The number of carbonyl (C=O) groups excluding carboxylic acids is 2. The van der Waals surface area contributed by atoms with E-state index in [0.717, 1.165) is 34.9 Å². The molecule has 1 fully saturated rings. The van der Waals surface area contributed by atoms with E-state index in [0.29, 0.717) is 19.6 Å². The van der Waals surface area contributed by atoms with Crippen LogP contribution in [0.2, 0.25) is 0 Å². The molecule has 1 amide bonds. The van der Waals surface area contributed by atoms with Crippen LogP contribution < -0.4 is 0 Å². The minimum atomic E-state index is -0.459. The lowest BCUT2D eigenvalue weighted by atomic mass is 10.2. The highest BCUT2D eigenvalue weighted by Crippen LogP contribution is 2.34. The van der Waals surface area contributed by atoms with E-state index in [4.69, 9.17) is 9.47 Å². The molecule has 0 spiro atoms. The highest BCUT2D eigenvalue weighted by atomic mass is 32.1. The third kappa shape index (κ3) is 3.07. The van der Waals surface area contributed by atoms with Crippen LogP contribution in [0.5, 0.6) is 0 Å². The molecule has 1 saturated heterocycles. The minimum Gasteiger partial charge on any atom is -0.464 e. The summed E-state index contributed by atoms with van der Waals surface area (Å²) in [6.45, 7) is 2.38. The van der Waals surface area contributed by atoms with Crippen LogP contribution in [0.15, 0.2) is 18.2 Å². The van der Waals surface area contributed by atoms with Gasteiger partial charge in [-0.05, 0) is 31.0 Å². The number of thiophene rings is 1. The first-order valence-corrected chi connectivity index (χ1v) is 9.13. The first kappa shape index (κ1) is 16.3. The predicted octanol–water partition coefficient (Wildman–Crippen LogP) is 2.24. The lowest BCUT2D eigenvalue weighted by Crippen LogP contribution is -2.38. The Bertz CT molecular complexity index is 807. The summed E-state index contributed by atoms with van der Waals surface area (Å²) >= 11 is 1.51. The van der Waals surface area contributed by atoms with Gasteiger partial charge in [-0.2, -0.15) is 5.10 Å². The summed E-state index contributed by atoms with van der Waals surface area (Å²) in [5.74, 6) is -0.444. The van der Waals surface area contributed by atoms with Gasteiger partial charge in [-0.3, -0.25) is 9.48 Å². The zero-order valence-corrected chi connectivity index (χ0v) is 14.8. The van der Waals surface area contributed by atoms with Gasteiger partial charge in [0, 0.05) is 18.0 Å². The van der Waals surface area contributed by atoms with Gasteiger partial charge in [0.2, 0.25) is 0 Å². The highest BCUT2D eigenvalue weighted by molar-refractivity contribution is 7.14. The quantitative estimate of drug-likeness (QED) is 0.784. The molecule has 0 saturated carbocycles. The lowest BCUT2D eigenvalue weighted by molar-refractivity contribution is 0.0591. The van der Waals surface area contributed by atoms with Crippen molar-refractivity contribution >= 4 is 23.2 Å². The Kier molecular flexibility index (Phi) is 4.30. The molecule has 1 atom stereocenters. The molecule has 2 aromatic heterocycles. The van der Waals surface area contributed by atoms with Crippen LogP contribution >= 0.6 is 11.3 Å². The Labute approximate surface area is 149 Å². The van der Waals surface area contributed by atoms with E-state index >= 15 is 0 Å². The number of hydrogen-bond acceptors (Lipinski definition) is 6. The van der Waals surface area contributed by atoms with Crippen molar-refractivity contribution in [1.29, 1.82) is 0 Å². The van der Waals surface area contributed by atoms with E-state index in [1.807, 2.05) is 12.1 Å². The van der Waals surface area contributed by atoms with Gasteiger partial charge >= 0.3 is 5.97 Å². The van der Waals surface area contributed by atoms with E-state index in [-0.39, 0.29) is 17.7 Å². The number of fused-ring (bicyclic) bond motifs is 1. The number of esters is 1. The second kappa shape index (κ2) is 6.61. The van der Waals surface area contributed by atoms with E-state index in [9.17, 15) is 9.59 Å². The fourth-order valence-electron chi connectivity index (χ4n) is 3.24. The molecule has 25 heavy (non-hydrogen) atoms. The fraction of sp³-hybridized carbons (Fsp3) is 0.471. The minimum absolute atomic E-state index is 0.0151. The fourth-order valence-corrected chi connectivity index (χ4v) is 4.30. The largest absolute Gasteiger partial charge is 0.464 e. The number of hydrogen-bond donors (Lipinski definition) is 0. The Morgan fingerprint density at radius 2 is 2.24 bits per heavy atom. The van der Waals surface area contributed by atoms with Crippen molar-refractivity contribution in [3.8, 4) is 0 Å². The van der Waals surface area contributed by atoms with Crippen molar-refractivity contribution in [3.63, 3.8) is 0 Å². The Morgan fingerprint density at radius 3 is 3.00 bits per heavy atom. The van der Waals surface area contributed by atoms with Crippen LogP contribution in [0.1, 0.15) is 49.7 Å².